The van der Waals surface area contributed by atoms with Gasteiger partial charge in [-0.2, -0.15) is 0 Å². The fourth-order valence-electron chi connectivity index (χ4n) is 2.02. The topological polar surface area (TPSA) is 111 Å². The van der Waals surface area contributed by atoms with Gasteiger partial charge in [-0.3, -0.25) is 9.59 Å². The van der Waals surface area contributed by atoms with Gasteiger partial charge in [-0.25, -0.2) is 4.79 Å². The number of nitrogens with one attached hydrogen (secondary N) is 2. The summed E-state index contributed by atoms with van der Waals surface area (Å²) in [6, 6.07) is 3.74. The van der Waals surface area contributed by atoms with Crippen LogP contribution in [0.3, 0.4) is 0 Å². The highest BCUT2D eigenvalue weighted by Crippen LogP contribution is 2.25. The fraction of sp³-hybridized carbons (Fsp3) is 0.357. The summed E-state index contributed by atoms with van der Waals surface area (Å²) in [5, 5.41) is 5.31. The molecule has 7 nitrogen and oxygen atoms in total. The van der Waals surface area contributed by atoms with Gasteiger partial charge in [0.05, 0.1) is 6.61 Å². The first-order valence-corrected chi connectivity index (χ1v) is 6.67. The summed E-state index contributed by atoms with van der Waals surface area (Å²) in [6.07, 6.45) is 1.02. The van der Waals surface area contributed by atoms with Gasteiger partial charge in [-0.1, -0.05) is 0 Å². The molecule has 0 aromatic heterocycles. The molecule has 1 heterocycles. The summed E-state index contributed by atoms with van der Waals surface area (Å²) in [5.74, 6) is -1.42. The van der Waals surface area contributed by atoms with E-state index < -0.39 is 17.9 Å². The van der Waals surface area contributed by atoms with E-state index in [0.29, 0.717) is 18.5 Å². The van der Waals surface area contributed by atoms with Gasteiger partial charge in [0, 0.05) is 17.8 Å². The van der Waals surface area contributed by atoms with Crippen molar-refractivity contribution in [2.24, 2.45) is 5.73 Å². The van der Waals surface area contributed by atoms with E-state index in [1.165, 1.54) is 0 Å². The first-order valence-electron chi connectivity index (χ1n) is 6.67. The van der Waals surface area contributed by atoms with Crippen molar-refractivity contribution in [3.8, 4) is 0 Å². The molecule has 1 atom stereocenters. The number of benzene rings is 1. The second-order valence-electron chi connectivity index (χ2n) is 4.64. The monoisotopic (exact) mass is 291 g/mol. The van der Waals surface area contributed by atoms with Crippen LogP contribution in [-0.4, -0.2) is 30.4 Å². The van der Waals surface area contributed by atoms with E-state index in [2.05, 4.69) is 10.6 Å². The van der Waals surface area contributed by atoms with E-state index in [0.717, 1.165) is 11.3 Å². The minimum Gasteiger partial charge on any atom is -0.464 e. The van der Waals surface area contributed by atoms with E-state index in [9.17, 15) is 14.4 Å². The number of hydrogen-bond donors (Lipinski definition) is 3. The van der Waals surface area contributed by atoms with Gasteiger partial charge in [-0.15, -0.1) is 0 Å². The predicted octanol–water partition coefficient (Wildman–Crippen LogP) is 0.400. The minimum atomic E-state index is -1.36. The Hall–Kier alpha value is -2.41. The van der Waals surface area contributed by atoms with Gasteiger partial charge in [0.25, 0.3) is 5.91 Å². The Morgan fingerprint density at radius 1 is 1.43 bits per heavy atom. The molecular weight excluding hydrogens is 274 g/mol. The maximum Gasteiger partial charge on any atom is 0.332 e. The number of anilines is 2. The molecule has 0 radical (unpaired) electrons. The number of hydrogen-bond acceptors (Lipinski definition) is 5. The van der Waals surface area contributed by atoms with E-state index in [1.807, 2.05) is 0 Å². The van der Waals surface area contributed by atoms with E-state index in [1.54, 1.807) is 25.1 Å². The first-order chi connectivity index (χ1) is 10.0. The summed E-state index contributed by atoms with van der Waals surface area (Å²) in [5.41, 5.74) is 7.69. The predicted molar refractivity (Wildman–Crippen MR) is 76.6 cm³/mol. The summed E-state index contributed by atoms with van der Waals surface area (Å²) in [6.45, 7) is 1.80. The van der Waals surface area contributed by atoms with Crippen molar-refractivity contribution in [3.05, 3.63) is 23.8 Å². The lowest BCUT2D eigenvalue weighted by Gasteiger charge is -2.18. The van der Waals surface area contributed by atoms with Crippen LogP contribution in [0.4, 0.5) is 11.4 Å². The average molecular weight is 291 g/mol. The summed E-state index contributed by atoms with van der Waals surface area (Å²) >= 11 is 0. The van der Waals surface area contributed by atoms with Gasteiger partial charge < -0.3 is 21.1 Å². The van der Waals surface area contributed by atoms with Crippen molar-refractivity contribution in [2.45, 2.75) is 25.8 Å². The lowest BCUT2D eigenvalue weighted by molar-refractivity contribution is -0.147. The summed E-state index contributed by atoms with van der Waals surface area (Å²) in [4.78, 5) is 34.5. The molecule has 2 amide bonds. The zero-order valence-corrected chi connectivity index (χ0v) is 11.6. The number of carbonyl (C=O) groups is 3. The number of fused-ring (bicyclic) bond motifs is 1. The van der Waals surface area contributed by atoms with Crippen LogP contribution >= 0.6 is 0 Å². The molecule has 0 fully saturated rings. The summed E-state index contributed by atoms with van der Waals surface area (Å²) < 4.78 is 4.69. The third kappa shape index (κ3) is 3.57. The van der Waals surface area contributed by atoms with Crippen molar-refractivity contribution in [3.63, 3.8) is 0 Å². The van der Waals surface area contributed by atoms with Crippen molar-refractivity contribution < 1.29 is 19.1 Å². The van der Waals surface area contributed by atoms with Gasteiger partial charge in [0.15, 0.2) is 6.04 Å². The van der Waals surface area contributed by atoms with Crippen LogP contribution in [0.15, 0.2) is 18.2 Å². The zero-order valence-electron chi connectivity index (χ0n) is 11.6. The second-order valence-corrected chi connectivity index (χ2v) is 4.64. The summed E-state index contributed by atoms with van der Waals surface area (Å²) in [7, 11) is 0. The fourth-order valence-corrected chi connectivity index (χ4v) is 2.02. The number of nitrogens with two attached hydrogens (primary N) is 1. The lowest BCUT2D eigenvalue weighted by atomic mass is 10.0. The van der Waals surface area contributed by atoms with Crippen LogP contribution in [0.25, 0.3) is 0 Å². The van der Waals surface area contributed by atoms with Crippen LogP contribution in [0.1, 0.15) is 18.9 Å². The van der Waals surface area contributed by atoms with E-state index in [4.69, 9.17) is 10.5 Å². The van der Waals surface area contributed by atoms with Crippen molar-refractivity contribution in [1.82, 2.24) is 0 Å². The molecule has 1 aliphatic rings. The van der Waals surface area contributed by atoms with E-state index in [-0.39, 0.29) is 12.5 Å². The van der Waals surface area contributed by atoms with Crippen molar-refractivity contribution in [2.75, 3.05) is 17.2 Å². The molecule has 7 heteroatoms. The first kappa shape index (κ1) is 15.0. The normalized spacial score (nSPS) is 14.7. The molecule has 0 aliphatic carbocycles. The Bertz CT molecular complexity index is 586. The number of amides is 2. The molecule has 1 aromatic rings. The molecule has 2 rings (SSSR count). The van der Waals surface area contributed by atoms with Crippen molar-refractivity contribution >= 4 is 29.2 Å². The molecule has 0 bridgehead atoms. The van der Waals surface area contributed by atoms with Crippen LogP contribution in [0.5, 0.6) is 0 Å². The van der Waals surface area contributed by atoms with Gasteiger partial charge in [0.1, 0.15) is 0 Å². The largest absolute Gasteiger partial charge is 0.464 e. The van der Waals surface area contributed by atoms with Crippen LogP contribution in [-0.2, 0) is 25.5 Å². The molecule has 0 saturated heterocycles. The molecule has 4 N–H and O–H groups in total. The highest BCUT2D eigenvalue weighted by Gasteiger charge is 2.24. The lowest BCUT2D eigenvalue weighted by Crippen LogP contribution is -2.43. The smallest absolute Gasteiger partial charge is 0.332 e. The Balaban J connectivity index is 2.05. The average Bonchev–Trinajstić information content (AvgIpc) is 2.46. The van der Waals surface area contributed by atoms with Crippen molar-refractivity contribution in [1.29, 1.82) is 0 Å². The molecule has 0 spiro atoms. The van der Waals surface area contributed by atoms with Gasteiger partial charge in [0.2, 0.25) is 5.91 Å². The van der Waals surface area contributed by atoms with E-state index >= 15 is 0 Å². The van der Waals surface area contributed by atoms with Gasteiger partial charge >= 0.3 is 5.97 Å². The van der Waals surface area contributed by atoms with Crippen LogP contribution in [0, 0.1) is 0 Å². The zero-order chi connectivity index (χ0) is 15.4. The molecule has 1 unspecified atom stereocenters. The quantitative estimate of drug-likeness (QED) is 0.549. The van der Waals surface area contributed by atoms with Crippen LogP contribution in [0.2, 0.25) is 0 Å². The second kappa shape index (κ2) is 6.36. The highest BCUT2D eigenvalue weighted by molar-refractivity contribution is 6.08. The SMILES string of the molecule is CCOC(=O)C(N)C(=O)Nc1ccc2c(c1)CCC(=O)N2. The Morgan fingerprint density at radius 3 is 2.90 bits per heavy atom. The molecule has 112 valence electrons. The number of esters is 1. The minimum absolute atomic E-state index is 0.0244. The Labute approximate surface area is 121 Å². The molecule has 0 saturated carbocycles. The molecule has 1 aliphatic heterocycles. The van der Waals surface area contributed by atoms with Gasteiger partial charge in [-0.05, 0) is 37.1 Å². The highest BCUT2D eigenvalue weighted by atomic mass is 16.5. The number of ether oxygens (including phenoxy) is 1. The maximum absolute atomic E-state index is 11.8. The number of rotatable bonds is 4. The standard InChI is InChI=1S/C14H17N3O4/c1-2-21-14(20)12(15)13(19)16-9-4-5-10-8(7-9)3-6-11(18)17-10/h4-5,7,12H,2-3,6,15H2,1H3,(H,16,19)(H,17,18). The Morgan fingerprint density at radius 2 is 2.19 bits per heavy atom. The third-order valence-electron chi connectivity index (χ3n) is 3.09. The maximum atomic E-state index is 11.8. The molecule has 21 heavy (non-hydrogen) atoms. The number of aryl methyl sites for hydroxylation is 1. The third-order valence-corrected chi connectivity index (χ3v) is 3.09. The molecular formula is C14H17N3O4. The number of carbonyl (C=O) groups excluding carboxylic acids is 3. The van der Waals surface area contributed by atoms with Crippen LogP contribution < -0.4 is 16.4 Å². The Kier molecular flexibility index (Phi) is 4.54. The molecule has 1 aromatic carbocycles.